The Morgan fingerprint density at radius 3 is 2.35 bits per heavy atom. The SMILES string of the molecule is CCc1ccc(CC2N=C(c3ccc(O)cc3)c3cc([N+](=O)[O-])ccc3N(C)C2=O)cc1CC. The first kappa shape index (κ1) is 23.2. The Bertz CT molecular complexity index is 1280. The quantitative estimate of drug-likeness (QED) is 0.423. The molecule has 3 aromatic carbocycles. The summed E-state index contributed by atoms with van der Waals surface area (Å²) in [4.78, 5) is 30.9. The number of phenols is 1. The highest BCUT2D eigenvalue weighted by Gasteiger charge is 2.31. The fourth-order valence-corrected chi connectivity index (χ4v) is 4.43. The lowest BCUT2D eigenvalue weighted by atomic mass is 9.96. The number of likely N-dealkylation sites (N-methyl/N-ethyl adjacent to an activating group) is 1. The highest BCUT2D eigenvalue weighted by Crippen LogP contribution is 2.32. The Morgan fingerprint density at radius 2 is 1.71 bits per heavy atom. The second-order valence-electron chi connectivity index (χ2n) is 8.41. The van der Waals surface area contributed by atoms with Crippen molar-refractivity contribution >= 4 is 23.0 Å². The number of rotatable bonds is 6. The van der Waals surface area contributed by atoms with E-state index in [9.17, 15) is 20.0 Å². The number of fused-ring (bicyclic) bond motifs is 1. The fraction of sp³-hybridized carbons (Fsp3) is 0.259. The molecule has 0 spiro atoms. The molecule has 0 saturated carbocycles. The number of nitrogens with zero attached hydrogens (tertiary/aromatic N) is 3. The summed E-state index contributed by atoms with van der Waals surface area (Å²) in [7, 11) is 1.67. The lowest BCUT2D eigenvalue weighted by molar-refractivity contribution is -0.384. The smallest absolute Gasteiger partial charge is 0.270 e. The molecular weight excluding hydrogens is 430 g/mol. The maximum atomic E-state index is 13.5. The number of carbonyl (C=O) groups is 1. The number of aryl methyl sites for hydroxylation is 2. The number of aliphatic imine (C=N–C) groups is 1. The number of hydrogen-bond donors (Lipinski definition) is 1. The molecule has 1 amide bonds. The molecule has 0 radical (unpaired) electrons. The predicted molar refractivity (Wildman–Crippen MR) is 133 cm³/mol. The van der Waals surface area contributed by atoms with Crippen LogP contribution in [0.15, 0.2) is 65.7 Å². The van der Waals surface area contributed by atoms with Gasteiger partial charge in [0.25, 0.3) is 11.6 Å². The second-order valence-corrected chi connectivity index (χ2v) is 8.41. The van der Waals surface area contributed by atoms with Crippen LogP contribution in [0.25, 0.3) is 0 Å². The Labute approximate surface area is 198 Å². The topological polar surface area (TPSA) is 96.0 Å². The summed E-state index contributed by atoms with van der Waals surface area (Å²) >= 11 is 0. The first-order valence-electron chi connectivity index (χ1n) is 11.4. The van der Waals surface area contributed by atoms with E-state index in [2.05, 4.69) is 26.0 Å². The highest BCUT2D eigenvalue weighted by molar-refractivity contribution is 6.20. The molecule has 1 heterocycles. The molecule has 7 heteroatoms. The third-order valence-corrected chi connectivity index (χ3v) is 6.31. The summed E-state index contributed by atoms with van der Waals surface area (Å²) in [6.07, 6.45) is 2.27. The molecular formula is C27H27N3O4. The van der Waals surface area contributed by atoms with Crippen LogP contribution < -0.4 is 4.90 Å². The van der Waals surface area contributed by atoms with Gasteiger partial charge < -0.3 is 10.0 Å². The van der Waals surface area contributed by atoms with Crippen molar-refractivity contribution in [2.24, 2.45) is 4.99 Å². The third kappa shape index (κ3) is 4.41. The minimum atomic E-state index is -0.697. The van der Waals surface area contributed by atoms with Crippen molar-refractivity contribution < 1.29 is 14.8 Å². The van der Waals surface area contributed by atoms with E-state index in [1.807, 2.05) is 6.07 Å². The van der Waals surface area contributed by atoms with Crippen LogP contribution in [0.3, 0.4) is 0 Å². The van der Waals surface area contributed by atoms with Gasteiger partial charge in [-0.3, -0.25) is 19.9 Å². The molecule has 0 aliphatic carbocycles. The van der Waals surface area contributed by atoms with Gasteiger partial charge in [0.15, 0.2) is 0 Å². The number of carbonyl (C=O) groups excluding carboxylic acids is 1. The van der Waals surface area contributed by atoms with E-state index in [1.54, 1.807) is 25.2 Å². The van der Waals surface area contributed by atoms with Crippen LogP contribution >= 0.6 is 0 Å². The van der Waals surface area contributed by atoms with E-state index in [1.165, 1.54) is 40.3 Å². The van der Waals surface area contributed by atoms with Crippen molar-refractivity contribution in [2.45, 2.75) is 39.2 Å². The molecule has 34 heavy (non-hydrogen) atoms. The lowest BCUT2D eigenvalue weighted by Gasteiger charge is -2.20. The van der Waals surface area contributed by atoms with Crippen molar-refractivity contribution in [3.05, 3.63) is 98.6 Å². The molecule has 174 valence electrons. The maximum absolute atomic E-state index is 13.5. The fourth-order valence-electron chi connectivity index (χ4n) is 4.43. The van der Waals surface area contributed by atoms with Gasteiger partial charge in [-0.15, -0.1) is 0 Å². The molecule has 0 fully saturated rings. The zero-order valence-corrected chi connectivity index (χ0v) is 19.5. The van der Waals surface area contributed by atoms with Crippen LogP contribution in [0.2, 0.25) is 0 Å². The van der Waals surface area contributed by atoms with Crippen molar-refractivity contribution in [2.75, 3.05) is 11.9 Å². The number of non-ortho nitro benzene ring substituents is 1. The zero-order chi connectivity index (χ0) is 24.4. The van der Waals surface area contributed by atoms with Crippen LogP contribution in [0.1, 0.15) is 41.7 Å². The standard InChI is InChI=1S/C27H27N3O4/c1-4-18-7-6-17(14-19(18)5-2)15-24-27(32)29(3)25-13-10-21(30(33)34)16-23(25)26(28-24)20-8-11-22(31)12-9-20/h6-14,16,24,31H,4-5,15H2,1-3H3. The summed E-state index contributed by atoms with van der Waals surface area (Å²) in [6.45, 7) is 4.25. The molecule has 4 rings (SSSR count). The zero-order valence-electron chi connectivity index (χ0n) is 19.5. The number of amides is 1. The monoisotopic (exact) mass is 457 g/mol. The number of nitro groups is 1. The Kier molecular flexibility index (Phi) is 6.45. The summed E-state index contributed by atoms with van der Waals surface area (Å²) in [5, 5.41) is 21.2. The number of aromatic hydroxyl groups is 1. The van der Waals surface area contributed by atoms with E-state index in [0.29, 0.717) is 28.9 Å². The van der Waals surface area contributed by atoms with Crippen LogP contribution in [0, 0.1) is 10.1 Å². The number of benzene rings is 3. The molecule has 1 N–H and O–H groups in total. The van der Waals surface area contributed by atoms with E-state index < -0.39 is 11.0 Å². The molecule has 1 aliphatic rings. The van der Waals surface area contributed by atoms with E-state index in [-0.39, 0.29) is 17.3 Å². The Morgan fingerprint density at radius 1 is 1.00 bits per heavy atom. The Balaban J connectivity index is 1.85. The van der Waals surface area contributed by atoms with Crippen LogP contribution in [-0.4, -0.2) is 34.7 Å². The summed E-state index contributed by atoms with van der Waals surface area (Å²) < 4.78 is 0. The first-order valence-corrected chi connectivity index (χ1v) is 11.4. The summed E-state index contributed by atoms with van der Waals surface area (Å²) in [5.74, 6) is -0.0772. The van der Waals surface area contributed by atoms with Gasteiger partial charge in [-0.2, -0.15) is 0 Å². The Hall–Kier alpha value is -4.00. The average Bonchev–Trinajstić information content (AvgIpc) is 2.94. The van der Waals surface area contributed by atoms with E-state index >= 15 is 0 Å². The lowest BCUT2D eigenvalue weighted by Crippen LogP contribution is -2.36. The van der Waals surface area contributed by atoms with Gasteiger partial charge in [0.2, 0.25) is 0 Å². The average molecular weight is 458 g/mol. The van der Waals surface area contributed by atoms with Gasteiger partial charge >= 0.3 is 0 Å². The van der Waals surface area contributed by atoms with Gasteiger partial charge in [-0.1, -0.05) is 32.0 Å². The predicted octanol–water partition coefficient (Wildman–Crippen LogP) is 4.85. The van der Waals surface area contributed by atoms with Crippen molar-refractivity contribution in [1.82, 2.24) is 0 Å². The van der Waals surface area contributed by atoms with Crippen molar-refractivity contribution in [1.29, 1.82) is 0 Å². The van der Waals surface area contributed by atoms with Crippen molar-refractivity contribution in [3.8, 4) is 5.75 Å². The van der Waals surface area contributed by atoms with Gasteiger partial charge in [0.05, 0.1) is 16.3 Å². The maximum Gasteiger partial charge on any atom is 0.270 e. The number of hydrogen-bond acceptors (Lipinski definition) is 5. The molecule has 3 aromatic rings. The number of phenolic OH excluding ortho intramolecular Hbond substituents is 1. The van der Waals surface area contributed by atoms with Crippen LogP contribution in [0.4, 0.5) is 11.4 Å². The second kappa shape index (κ2) is 9.47. The first-order chi connectivity index (χ1) is 16.3. The van der Waals surface area contributed by atoms with Crippen molar-refractivity contribution in [3.63, 3.8) is 0 Å². The van der Waals surface area contributed by atoms with Gasteiger partial charge in [-0.05, 0) is 59.9 Å². The van der Waals surface area contributed by atoms with E-state index in [0.717, 1.165) is 18.4 Å². The van der Waals surface area contributed by atoms with Gasteiger partial charge in [-0.25, -0.2) is 0 Å². The molecule has 1 aliphatic heterocycles. The molecule has 7 nitrogen and oxygen atoms in total. The largest absolute Gasteiger partial charge is 0.508 e. The molecule has 0 bridgehead atoms. The van der Waals surface area contributed by atoms with Crippen LogP contribution in [-0.2, 0) is 24.1 Å². The molecule has 0 saturated heterocycles. The number of benzodiazepines with no additional fused rings is 1. The third-order valence-electron chi connectivity index (χ3n) is 6.31. The summed E-state index contributed by atoms with van der Waals surface area (Å²) in [6, 6.07) is 16.5. The molecule has 0 aromatic heterocycles. The normalized spacial score (nSPS) is 15.5. The van der Waals surface area contributed by atoms with Crippen LogP contribution in [0.5, 0.6) is 5.75 Å². The van der Waals surface area contributed by atoms with E-state index in [4.69, 9.17) is 4.99 Å². The summed E-state index contributed by atoms with van der Waals surface area (Å²) in [5.41, 5.74) is 5.72. The molecule has 1 unspecified atom stereocenters. The van der Waals surface area contributed by atoms with Gasteiger partial charge in [0, 0.05) is 36.7 Å². The van der Waals surface area contributed by atoms with Gasteiger partial charge in [0.1, 0.15) is 11.8 Å². The minimum Gasteiger partial charge on any atom is -0.508 e. The highest BCUT2D eigenvalue weighted by atomic mass is 16.6. The molecule has 1 atom stereocenters. The number of nitro benzene ring substituents is 1. The number of anilines is 1. The minimum absolute atomic E-state index is 0.0766.